The van der Waals surface area contributed by atoms with Crippen LogP contribution in [-0.2, 0) is 19.6 Å². The predicted octanol–water partition coefficient (Wildman–Crippen LogP) is 5.62. The van der Waals surface area contributed by atoms with Crippen LogP contribution in [0.3, 0.4) is 0 Å². The minimum absolute atomic E-state index is 0.00745. The number of carbonyl (C=O) groups excluding carboxylic acids is 1. The Bertz CT molecular complexity index is 1570. The Morgan fingerprint density at radius 3 is 2.39 bits per heavy atom. The summed E-state index contributed by atoms with van der Waals surface area (Å²) in [7, 11) is -3.93. The Kier molecular flexibility index (Phi) is 6.18. The number of H-pyrrole nitrogens is 1. The first-order chi connectivity index (χ1) is 17.3. The van der Waals surface area contributed by atoms with Crippen LogP contribution < -0.4 is 4.31 Å². The molecule has 6 nitrogen and oxygen atoms in total. The molecule has 1 aromatic heterocycles. The molecule has 184 valence electrons. The van der Waals surface area contributed by atoms with Crippen molar-refractivity contribution in [3.8, 4) is 0 Å². The summed E-state index contributed by atoms with van der Waals surface area (Å²) in [4.78, 5) is 16.8. The molecule has 0 bridgehead atoms. The molecule has 1 N–H and O–H groups in total. The van der Waals surface area contributed by atoms with Crippen molar-refractivity contribution < 1.29 is 17.9 Å². The second-order valence-electron chi connectivity index (χ2n) is 9.01. The number of aromatic nitrogens is 1. The van der Waals surface area contributed by atoms with E-state index in [1.807, 2.05) is 62.4 Å². The first kappa shape index (κ1) is 23.9. The van der Waals surface area contributed by atoms with Crippen LogP contribution in [0.15, 0.2) is 89.3 Å². The Balaban J connectivity index is 1.82. The molecule has 0 fully saturated rings. The van der Waals surface area contributed by atoms with E-state index in [0.29, 0.717) is 11.4 Å². The number of nitrogens with zero attached hydrogens (tertiary/aromatic N) is 1. The molecule has 7 heteroatoms. The molecule has 3 aromatic carbocycles. The number of aryl methyl sites for hydroxylation is 2. The number of hydrogen-bond acceptors (Lipinski definition) is 4. The number of sulfonamides is 1. The maximum atomic E-state index is 14.0. The largest absolute Gasteiger partial charge is 0.463 e. The van der Waals surface area contributed by atoms with Gasteiger partial charge in [-0.3, -0.25) is 0 Å². The van der Waals surface area contributed by atoms with Crippen LogP contribution in [0.1, 0.15) is 35.1 Å². The van der Waals surface area contributed by atoms with Crippen molar-refractivity contribution in [1.82, 2.24) is 4.98 Å². The Labute approximate surface area is 211 Å². The highest BCUT2D eigenvalue weighted by Gasteiger charge is 2.38. The molecule has 5 rings (SSSR count). The lowest BCUT2D eigenvalue weighted by atomic mass is 9.84. The number of aromatic amines is 1. The minimum atomic E-state index is -3.93. The fourth-order valence-corrected chi connectivity index (χ4v) is 6.21. The van der Waals surface area contributed by atoms with Gasteiger partial charge >= 0.3 is 5.97 Å². The van der Waals surface area contributed by atoms with Crippen molar-refractivity contribution in [2.75, 3.05) is 17.5 Å². The fraction of sp³-hybridized carbons (Fsp3) is 0.207. The standard InChI is InChI=1S/C29H28N2O4S/c1-4-35-29(32)24-16-17-31(36(33,34)22-13-10-19(2)11-14-22)28-27(26(24)21-8-6-5-7-9-21)23-15-12-20(3)18-25(23)30-28/h5-16,18,26,30H,4,17H2,1-3H3. The van der Waals surface area contributed by atoms with Gasteiger partial charge in [0, 0.05) is 28.0 Å². The van der Waals surface area contributed by atoms with E-state index >= 15 is 0 Å². The van der Waals surface area contributed by atoms with Gasteiger partial charge < -0.3 is 9.72 Å². The zero-order valence-electron chi connectivity index (χ0n) is 20.5. The second-order valence-corrected chi connectivity index (χ2v) is 10.9. The maximum Gasteiger partial charge on any atom is 0.334 e. The Morgan fingerprint density at radius 2 is 1.69 bits per heavy atom. The summed E-state index contributed by atoms with van der Waals surface area (Å²) in [5.41, 5.74) is 4.88. The van der Waals surface area contributed by atoms with E-state index in [0.717, 1.165) is 33.2 Å². The Hall–Kier alpha value is -3.84. The molecule has 0 saturated heterocycles. The first-order valence-electron chi connectivity index (χ1n) is 11.9. The van der Waals surface area contributed by atoms with E-state index in [2.05, 4.69) is 4.98 Å². The van der Waals surface area contributed by atoms with E-state index in [-0.39, 0.29) is 18.0 Å². The fourth-order valence-electron chi connectivity index (χ4n) is 4.82. The third kappa shape index (κ3) is 4.09. The second kappa shape index (κ2) is 9.32. The van der Waals surface area contributed by atoms with Gasteiger partial charge in [-0.05, 0) is 50.1 Å². The van der Waals surface area contributed by atoms with E-state index in [9.17, 15) is 13.2 Å². The van der Waals surface area contributed by atoms with Crippen molar-refractivity contribution in [3.05, 3.63) is 107 Å². The molecule has 0 radical (unpaired) electrons. The number of esters is 1. The van der Waals surface area contributed by atoms with Gasteiger partial charge in [0.05, 0.1) is 18.0 Å². The highest BCUT2D eigenvalue weighted by molar-refractivity contribution is 7.92. The van der Waals surface area contributed by atoms with Crippen LogP contribution in [0.5, 0.6) is 0 Å². The normalized spacial score (nSPS) is 15.8. The number of hydrogen-bond donors (Lipinski definition) is 1. The van der Waals surface area contributed by atoms with Crippen LogP contribution in [0, 0.1) is 13.8 Å². The first-order valence-corrected chi connectivity index (χ1v) is 13.4. The van der Waals surface area contributed by atoms with Crippen molar-refractivity contribution in [2.24, 2.45) is 0 Å². The smallest absolute Gasteiger partial charge is 0.334 e. The van der Waals surface area contributed by atoms with Gasteiger partial charge in [0.25, 0.3) is 10.0 Å². The highest BCUT2D eigenvalue weighted by atomic mass is 32.2. The number of benzene rings is 3. The van der Waals surface area contributed by atoms with Crippen LogP contribution in [-0.4, -0.2) is 32.5 Å². The summed E-state index contributed by atoms with van der Waals surface area (Å²) in [6, 6.07) is 22.5. The van der Waals surface area contributed by atoms with Gasteiger partial charge in [0.2, 0.25) is 0 Å². The molecule has 4 aromatic rings. The van der Waals surface area contributed by atoms with Crippen molar-refractivity contribution in [3.63, 3.8) is 0 Å². The molecule has 2 heterocycles. The maximum absolute atomic E-state index is 14.0. The minimum Gasteiger partial charge on any atom is -0.463 e. The molecule has 0 spiro atoms. The molecular formula is C29H28N2O4S. The average molecular weight is 501 g/mol. The molecule has 0 saturated carbocycles. The van der Waals surface area contributed by atoms with Crippen molar-refractivity contribution in [2.45, 2.75) is 31.6 Å². The predicted molar refractivity (Wildman–Crippen MR) is 142 cm³/mol. The lowest BCUT2D eigenvalue weighted by Crippen LogP contribution is -2.31. The zero-order valence-corrected chi connectivity index (χ0v) is 21.3. The molecular weight excluding hydrogens is 472 g/mol. The summed E-state index contributed by atoms with van der Waals surface area (Å²) in [6.07, 6.45) is 1.69. The summed E-state index contributed by atoms with van der Waals surface area (Å²) >= 11 is 0. The van der Waals surface area contributed by atoms with E-state index in [1.54, 1.807) is 37.3 Å². The van der Waals surface area contributed by atoms with E-state index < -0.39 is 21.9 Å². The van der Waals surface area contributed by atoms with E-state index in [1.165, 1.54) is 4.31 Å². The molecule has 1 aliphatic heterocycles. The monoisotopic (exact) mass is 500 g/mol. The number of ether oxygens (including phenoxy) is 1. The molecule has 0 amide bonds. The molecule has 36 heavy (non-hydrogen) atoms. The number of nitrogens with one attached hydrogen (secondary N) is 1. The lowest BCUT2D eigenvalue weighted by molar-refractivity contribution is -0.138. The molecule has 1 atom stereocenters. The van der Waals surface area contributed by atoms with Gasteiger partial charge in [-0.25, -0.2) is 17.5 Å². The molecule has 0 aliphatic carbocycles. The summed E-state index contributed by atoms with van der Waals surface area (Å²) < 4.78 is 34.7. The number of rotatable bonds is 5. The van der Waals surface area contributed by atoms with Crippen molar-refractivity contribution in [1.29, 1.82) is 0 Å². The highest BCUT2D eigenvalue weighted by Crippen LogP contribution is 2.45. The van der Waals surface area contributed by atoms with Gasteiger partial charge in [-0.15, -0.1) is 0 Å². The van der Waals surface area contributed by atoms with Gasteiger partial charge in [0.15, 0.2) is 0 Å². The van der Waals surface area contributed by atoms with Gasteiger partial charge in [-0.2, -0.15) is 0 Å². The Morgan fingerprint density at radius 1 is 1.00 bits per heavy atom. The van der Waals surface area contributed by atoms with Crippen molar-refractivity contribution >= 4 is 32.7 Å². The number of anilines is 1. The van der Waals surface area contributed by atoms with Crippen LogP contribution >= 0.6 is 0 Å². The number of carbonyl (C=O) groups is 1. The van der Waals surface area contributed by atoms with Crippen LogP contribution in [0.4, 0.5) is 5.82 Å². The molecule has 1 aliphatic rings. The van der Waals surface area contributed by atoms with E-state index in [4.69, 9.17) is 4.74 Å². The van der Waals surface area contributed by atoms with Gasteiger partial charge in [-0.1, -0.05) is 66.2 Å². The SMILES string of the molecule is CCOC(=O)C1=CCN(S(=O)(=O)c2ccc(C)cc2)c2[nH]c3cc(C)ccc3c2C1c1ccccc1. The van der Waals surface area contributed by atoms with Gasteiger partial charge in [0.1, 0.15) is 5.82 Å². The summed E-state index contributed by atoms with van der Waals surface area (Å²) in [6.45, 7) is 5.89. The third-order valence-corrected chi connectivity index (χ3v) is 8.33. The molecule has 1 unspecified atom stereocenters. The van der Waals surface area contributed by atoms with Crippen LogP contribution in [0.2, 0.25) is 0 Å². The summed E-state index contributed by atoms with van der Waals surface area (Å²) in [5.74, 6) is -0.496. The van der Waals surface area contributed by atoms with Crippen LogP contribution in [0.25, 0.3) is 10.9 Å². The third-order valence-electron chi connectivity index (χ3n) is 6.55. The quantitative estimate of drug-likeness (QED) is 0.361. The lowest BCUT2D eigenvalue weighted by Gasteiger charge is -2.23. The summed E-state index contributed by atoms with van der Waals surface area (Å²) in [5, 5.41) is 0.866. The zero-order chi connectivity index (χ0) is 25.4. The topological polar surface area (TPSA) is 79.5 Å². The number of fused-ring (bicyclic) bond motifs is 3. The average Bonchev–Trinajstić information content (AvgIpc) is 3.12.